The second kappa shape index (κ2) is 6.64. The van der Waals surface area contributed by atoms with Crippen LogP contribution in [0.15, 0.2) is 84.7 Å². The van der Waals surface area contributed by atoms with Crippen LogP contribution in [0.5, 0.6) is 0 Å². The highest BCUT2D eigenvalue weighted by molar-refractivity contribution is 6.16. The summed E-state index contributed by atoms with van der Waals surface area (Å²) in [6.07, 6.45) is 3.50. The van der Waals surface area contributed by atoms with Gasteiger partial charge in [0, 0.05) is 6.08 Å². The second-order valence-corrected chi connectivity index (χ2v) is 5.49. The Morgan fingerprint density at radius 3 is 1.92 bits per heavy atom. The molecule has 4 heteroatoms. The number of ketones is 2. The van der Waals surface area contributed by atoms with E-state index in [0.717, 1.165) is 6.08 Å². The van der Waals surface area contributed by atoms with Crippen molar-refractivity contribution in [3.8, 4) is 0 Å². The van der Waals surface area contributed by atoms with E-state index in [1.54, 1.807) is 24.3 Å². The third-order valence-corrected chi connectivity index (χ3v) is 3.85. The number of aliphatic hydroxyl groups is 1. The molecule has 3 rings (SSSR count). The first-order chi connectivity index (χ1) is 11.6. The molecule has 0 atom stereocenters. The van der Waals surface area contributed by atoms with E-state index < -0.39 is 11.4 Å². The van der Waals surface area contributed by atoms with Gasteiger partial charge in [0.25, 0.3) is 0 Å². The van der Waals surface area contributed by atoms with E-state index in [4.69, 9.17) is 4.74 Å². The zero-order valence-corrected chi connectivity index (χ0v) is 12.9. The standard InChI is InChI=1S/C20H16O4/c21-17-11-12-18(22)19(13-17)24-14-20(23,15-7-3-1-4-8-15)16-9-5-2-6-10-16/h1-13,23H,14H2. The normalized spacial score (nSPS) is 14.5. The molecule has 0 bridgehead atoms. The van der Waals surface area contributed by atoms with E-state index in [9.17, 15) is 14.7 Å². The fraction of sp³-hybridized carbons (Fsp3) is 0.100. The molecule has 2 aromatic rings. The molecule has 0 spiro atoms. The van der Waals surface area contributed by atoms with Crippen molar-refractivity contribution in [1.29, 1.82) is 0 Å². The van der Waals surface area contributed by atoms with E-state index in [1.807, 2.05) is 36.4 Å². The summed E-state index contributed by atoms with van der Waals surface area (Å²) in [5, 5.41) is 11.3. The Bertz CT molecular complexity index is 765. The van der Waals surface area contributed by atoms with E-state index in [-0.39, 0.29) is 18.1 Å². The summed E-state index contributed by atoms with van der Waals surface area (Å²) in [5.74, 6) is -0.765. The lowest BCUT2D eigenvalue weighted by atomic mass is 9.87. The third kappa shape index (κ3) is 3.19. The summed E-state index contributed by atoms with van der Waals surface area (Å²) in [6.45, 7) is -0.181. The van der Waals surface area contributed by atoms with Gasteiger partial charge in [-0.2, -0.15) is 0 Å². The predicted octanol–water partition coefficient (Wildman–Crippen LogP) is 2.53. The summed E-state index contributed by atoms with van der Waals surface area (Å²) in [5.41, 5.74) is -0.155. The molecule has 1 aliphatic rings. The van der Waals surface area contributed by atoms with Gasteiger partial charge < -0.3 is 9.84 Å². The molecule has 0 aliphatic heterocycles. The number of carbonyl (C=O) groups excluding carboxylic acids is 2. The van der Waals surface area contributed by atoms with Crippen LogP contribution in [0.1, 0.15) is 11.1 Å². The maximum absolute atomic E-state index is 11.8. The number of rotatable bonds is 5. The number of hydrogen-bond acceptors (Lipinski definition) is 4. The molecule has 0 aromatic heterocycles. The van der Waals surface area contributed by atoms with Gasteiger partial charge in [-0.25, -0.2) is 0 Å². The molecule has 0 amide bonds. The van der Waals surface area contributed by atoms with Crippen LogP contribution < -0.4 is 0 Å². The van der Waals surface area contributed by atoms with Crippen molar-refractivity contribution in [2.75, 3.05) is 6.61 Å². The number of hydrogen-bond donors (Lipinski definition) is 1. The molecule has 0 saturated heterocycles. The van der Waals surface area contributed by atoms with Gasteiger partial charge in [-0.3, -0.25) is 9.59 Å². The Morgan fingerprint density at radius 1 is 0.833 bits per heavy atom. The van der Waals surface area contributed by atoms with Gasteiger partial charge in [-0.1, -0.05) is 60.7 Å². The van der Waals surface area contributed by atoms with Gasteiger partial charge in [0.1, 0.15) is 12.2 Å². The van der Waals surface area contributed by atoms with E-state index in [0.29, 0.717) is 11.1 Å². The maximum Gasteiger partial charge on any atom is 0.220 e. The van der Waals surface area contributed by atoms with Crippen molar-refractivity contribution >= 4 is 11.6 Å². The summed E-state index contributed by atoms with van der Waals surface area (Å²) in [7, 11) is 0. The SMILES string of the molecule is O=C1C=CC(=O)C(OCC(O)(c2ccccc2)c2ccccc2)=C1. The van der Waals surface area contributed by atoms with E-state index >= 15 is 0 Å². The average molecular weight is 320 g/mol. The topological polar surface area (TPSA) is 63.6 Å². The Morgan fingerprint density at radius 2 is 1.38 bits per heavy atom. The zero-order chi connectivity index (χ0) is 17.0. The monoisotopic (exact) mass is 320 g/mol. The van der Waals surface area contributed by atoms with Gasteiger partial charge in [0.05, 0.1) is 0 Å². The molecule has 120 valence electrons. The van der Waals surface area contributed by atoms with Crippen LogP contribution in [0.2, 0.25) is 0 Å². The Kier molecular flexibility index (Phi) is 4.40. The van der Waals surface area contributed by atoms with Crippen LogP contribution in [0.25, 0.3) is 0 Å². The van der Waals surface area contributed by atoms with Gasteiger partial charge >= 0.3 is 0 Å². The first kappa shape index (κ1) is 15.9. The van der Waals surface area contributed by atoms with Crippen molar-refractivity contribution in [2.24, 2.45) is 0 Å². The Balaban J connectivity index is 1.92. The van der Waals surface area contributed by atoms with Crippen LogP contribution >= 0.6 is 0 Å². The van der Waals surface area contributed by atoms with Gasteiger partial charge in [-0.05, 0) is 23.3 Å². The number of benzene rings is 2. The minimum atomic E-state index is -1.44. The zero-order valence-electron chi connectivity index (χ0n) is 12.9. The van der Waals surface area contributed by atoms with Crippen molar-refractivity contribution in [2.45, 2.75) is 5.60 Å². The minimum absolute atomic E-state index is 0.0622. The summed E-state index contributed by atoms with van der Waals surface area (Å²) in [4.78, 5) is 23.2. The van der Waals surface area contributed by atoms with E-state index in [2.05, 4.69) is 0 Å². The lowest BCUT2D eigenvalue weighted by molar-refractivity contribution is -0.118. The molecular weight excluding hydrogens is 304 g/mol. The third-order valence-electron chi connectivity index (χ3n) is 3.85. The molecular formula is C20H16O4. The molecule has 24 heavy (non-hydrogen) atoms. The summed E-state index contributed by atoms with van der Waals surface area (Å²) in [6, 6.07) is 18.1. The fourth-order valence-corrected chi connectivity index (χ4v) is 2.54. The van der Waals surface area contributed by atoms with Crippen LogP contribution in [-0.4, -0.2) is 23.3 Å². The number of ether oxygens (including phenoxy) is 1. The summed E-state index contributed by atoms with van der Waals surface area (Å²) < 4.78 is 5.53. The first-order valence-electron chi connectivity index (χ1n) is 7.54. The minimum Gasteiger partial charge on any atom is -0.486 e. The molecule has 1 N–H and O–H groups in total. The molecule has 0 heterocycles. The van der Waals surface area contributed by atoms with Crippen molar-refractivity contribution < 1.29 is 19.4 Å². The van der Waals surface area contributed by atoms with E-state index in [1.165, 1.54) is 12.2 Å². The highest BCUT2D eigenvalue weighted by atomic mass is 16.5. The Hall–Kier alpha value is -2.98. The van der Waals surface area contributed by atoms with Gasteiger partial charge in [0.15, 0.2) is 11.5 Å². The molecule has 0 unspecified atom stereocenters. The molecule has 1 aliphatic carbocycles. The van der Waals surface area contributed by atoms with Crippen LogP contribution in [-0.2, 0) is 19.9 Å². The maximum atomic E-state index is 11.8. The van der Waals surface area contributed by atoms with Crippen molar-refractivity contribution in [3.63, 3.8) is 0 Å². The molecule has 0 fully saturated rings. The fourth-order valence-electron chi connectivity index (χ4n) is 2.54. The second-order valence-electron chi connectivity index (χ2n) is 5.49. The Labute approximate surface area is 139 Å². The molecule has 4 nitrogen and oxygen atoms in total. The first-order valence-corrected chi connectivity index (χ1v) is 7.54. The molecule has 2 aromatic carbocycles. The van der Waals surface area contributed by atoms with Gasteiger partial charge in [0.2, 0.25) is 5.78 Å². The van der Waals surface area contributed by atoms with Crippen LogP contribution in [0.3, 0.4) is 0 Å². The number of carbonyl (C=O) groups is 2. The smallest absolute Gasteiger partial charge is 0.220 e. The summed E-state index contributed by atoms with van der Waals surface area (Å²) >= 11 is 0. The highest BCUT2D eigenvalue weighted by Crippen LogP contribution is 2.30. The lowest BCUT2D eigenvalue weighted by Gasteiger charge is -2.29. The molecule has 0 saturated carbocycles. The lowest BCUT2D eigenvalue weighted by Crippen LogP contribution is -2.33. The average Bonchev–Trinajstić information content (AvgIpc) is 2.63. The van der Waals surface area contributed by atoms with Crippen molar-refractivity contribution in [1.82, 2.24) is 0 Å². The molecule has 0 radical (unpaired) electrons. The van der Waals surface area contributed by atoms with Crippen molar-refractivity contribution in [3.05, 3.63) is 95.8 Å². The largest absolute Gasteiger partial charge is 0.486 e. The van der Waals surface area contributed by atoms with Crippen LogP contribution in [0.4, 0.5) is 0 Å². The van der Waals surface area contributed by atoms with Crippen LogP contribution in [0, 0.1) is 0 Å². The predicted molar refractivity (Wildman–Crippen MR) is 89.1 cm³/mol. The number of allylic oxidation sites excluding steroid dienone is 3. The quantitative estimate of drug-likeness (QED) is 0.860. The highest BCUT2D eigenvalue weighted by Gasteiger charge is 2.33. The van der Waals surface area contributed by atoms with Gasteiger partial charge in [-0.15, -0.1) is 0 Å².